The normalized spacial score (nSPS) is 21.7. The molecular weight excluding hydrogens is 379 g/mol. The Hall–Kier alpha value is -1.57. The number of hydrogen-bond acceptors (Lipinski definition) is 5. The molecule has 1 aromatic carbocycles. The Morgan fingerprint density at radius 2 is 1.60 bits per heavy atom. The fraction of sp³-hybridized carbons (Fsp3) is 0.696. The zero-order valence-electron chi connectivity index (χ0n) is 19.9. The molecule has 0 spiro atoms. The molecular formula is C23H37BN2O4. The minimum atomic E-state index is -0.459. The number of carbonyl (C=O) groups is 1. The summed E-state index contributed by atoms with van der Waals surface area (Å²) in [7, 11) is -0.349. The van der Waals surface area contributed by atoms with Crippen LogP contribution in [0.3, 0.4) is 0 Å². The number of amides is 1. The summed E-state index contributed by atoms with van der Waals surface area (Å²) in [5, 5.41) is 0. The molecule has 3 rings (SSSR count). The Balaban J connectivity index is 1.62. The summed E-state index contributed by atoms with van der Waals surface area (Å²) in [4.78, 5) is 16.5. The number of nitrogens with zero attached hydrogens (tertiary/aromatic N) is 2. The van der Waals surface area contributed by atoms with Gasteiger partial charge < -0.3 is 18.9 Å². The summed E-state index contributed by atoms with van der Waals surface area (Å²) in [6, 6.07) is 6.55. The molecule has 30 heavy (non-hydrogen) atoms. The molecule has 0 aromatic heterocycles. The molecule has 7 heteroatoms. The molecule has 2 aliphatic heterocycles. The summed E-state index contributed by atoms with van der Waals surface area (Å²) in [5.41, 5.74) is 2.35. The SMILES string of the molecule is Cc1cc(CN2CCN(C(=O)OC(C)(C)C)CC2)cc(B2OC(C)(C)C(C)(C)O2)c1. The van der Waals surface area contributed by atoms with Crippen LogP contribution >= 0.6 is 0 Å². The van der Waals surface area contributed by atoms with Crippen molar-refractivity contribution in [2.45, 2.75) is 78.7 Å². The molecule has 0 radical (unpaired) electrons. The van der Waals surface area contributed by atoms with E-state index in [4.69, 9.17) is 14.0 Å². The van der Waals surface area contributed by atoms with Gasteiger partial charge in [0.05, 0.1) is 11.2 Å². The fourth-order valence-electron chi connectivity index (χ4n) is 3.77. The summed E-state index contributed by atoms with van der Waals surface area (Å²) in [6.07, 6.45) is -0.222. The van der Waals surface area contributed by atoms with Gasteiger partial charge in [-0.1, -0.05) is 23.8 Å². The van der Waals surface area contributed by atoms with Gasteiger partial charge >= 0.3 is 13.2 Å². The van der Waals surface area contributed by atoms with Crippen molar-refractivity contribution in [2.24, 2.45) is 0 Å². The van der Waals surface area contributed by atoms with Crippen molar-refractivity contribution in [1.82, 2.24) is 9.80 Å². The average Bonchev–Trinajstić information content (AvgIpc) is 2.81. The lowest BCUT2D eigenvalue weighted by molar-refractivity contribution is 0.00578. The Labute approximate surface area is 182 Å². The zero-order chi connectivity index (χ0) is 22.3. The maximum atomic E-state index is 12.3. The van der Waals surface area contributed by atoms with Crippen molar-refractivity contribution < 1.29 is 18.8 Å². The number of benzene rings is 1. The molecule has 0 aliphatic carbocycles. The van der Waals surface area contributed by atoms with E-state index in [1.807, 2.05) is 20.8 Å². The highest BCUT2D eigenvalue weighted by molar-refractivity contribution is 6.62. The van der Waals surface area contributed by atoms with Gasteiger partial charge in [-0.3, -0.25) is 4.90 Å². The van der Waals surface area contributed by atoms with Gasteiger partial charge in [0.25, 0.3) is 0 Å². The van der Waals surface area contributed by atoms with E-state index in [2.05, 4.69) is 57.7 Å². The summed E-state index contributed by atoms with van der Waals surface area (Å²) >= 11 is 0. The summed E-state index contributed by atoms with van der Waals surface area (Å²) in [5.74, 6) is 0. The highest BCUT2D eigenvalue weighted by atomic mass is 16.7. The van der Waals surface area contributed by atoms with Crippen LogP contribution < -0.4 is 5.46 Å². The van der Waals surface area contributed by atoms with Crippen molar-refractivity contribution in [3.05, 3.63) is 29.3 Å². The first-order valence-corrected chi connectivity index (χ1v) is 10.9. The van der Waals surface area contributed by atoms with Gasteiger partial charge in [-0.2, -0.15) is 0 Å². The van der Waals surface area contributed by atoms with Crippen molar-refractivity contribution in [3.63, 3.8) is 0 Å². The van der Waals surface area contributed by atoms with Crippen LogP contribution in [0.2, 0.25) is 0 Å². The highest BCUT2D eigenvalue weighted by Crippen LogP contribution is 2.36. The van der Waals surface area contributed by atoms with Crippen LogP contribution in [0, 0.1) is 6.92 Å². The van der Waals surface area contributed by atoms with E-state index in [0.717, 1.165) is 25.1 Å². The lowest BCUT2D eigenvalue weighted by Gasteiger charge is -2.35. The lowest BCUT2D eigenvalue weighted by Crippen LogP contribution is -2.49. The molecule has 0 N–H and O–H groups in total. The molecule has 0 unspecified atom stereocenters. The van der Waals surface area contributed by atoms with Crippen LogP contribution in [0.25, 0.3) is 0 Å². The first kappa shape index (κ1) is 23.1. The molecule has 2 aliphatic rings. The van der Waals surface area contributed by atoms with Gasteiger partial charge in [-0.25, -0.2) is 4.79 Å². The van der Waals surface area contributed by atoms with Crippen LogP contribution in [-0.2, 0) is 20.6 Å². The molecule has 0 atom stereocenters. The minimum Gasteiger partial charge on any atom is -0.444 e. The predicted molar refractivity (Wildman–Crippen MR) is 120 cm³/mol. The quantitative estimate of drug-likeness (QED) is 0.708. The summed E-state index contributed by atoms with van der Waals surface area (Å²) < 4.78 is 18.0. The van der Waals surface area contributed by atoms with E-state index in [1.54, 1.807) is 4.90 Å². The smallest absolute Gasteiger partial charge is 0.444 e. The maximum absolute atomic E-state index is 12.3. The van der Waals surface area contributed by atoms with Crippen molar-refractivity contribution >= 4 is 18.7 Å². The van der Waals surface area contributed by atoms with Crippen molar-refractivity contribution in [3.8, 4) is 0 Å². The average molecular weight is 416 g/mol. The monoisotopic (exact) mass is 416 g/mol. The number of aryl methyl sites for hydroxylation is 1. The largest absolute Gasteiger partial charge is 0.494 e. The standard InChI is InChI=1S/C23H37BN2O4/c1-17-13-18(15-19(14-17)24-29-22(5,6)23(7,8)30-24)16-25-9-11-26(12-10-25)20(27)28-21(2,3)4/h13-15H,9-12,16H2,1-8H3. The first-order valence-electron chi connectivity index (χ1n) is 10.9. The molecule has 2 saturated heterocycles. The second kappa shape index (κ2) is 8.17. The van der Waals surface area contributed by atoms with Gasteiger partial charge in [-0.15, -0.1) is 0 Å². The third-order valence-corrected chi connectivity index (χ3v) is 6.12. The van der Waals surface area contributed by atoms with Gasteiger partial charge in [0.2, 0.25) is 0 Å². The topological polar surface area (TPSA) is 51.2 Å². The van der Waals surface area contributed by atoms with Crippen LogP contribution in [0.5, 0.6) is 0 Å². The second-order valence-electron chi connectivity index (χ2n) is 10.6. The molecule has 6 nitrogen and oxygen atoms in total. The van der Waals surface area contributed by atoms with E-state index < -0.39 is 5.60 Å². The third kappa shape index (κ3) is 5.37. The van der Waals surface area contributed by atoms with E-state index >= 15 is 0 Å². The van der Waals surface area contributed by atoms with Gasteiger partial charge in [-0.05, 0) is 66.4 Å². The lowest BCUT2D eigenvalue weighted by atomic mass is 9.77. The van der Waals surface area contributed by atoms with Crippen LogP contribution in [-0.4, -0.2) is 66.0 Å². The Bertz CT molecular complexity index is 764. The van der Waals surface area contributed by atoms with Gasteiger partial charge in [0, 0.05) is 32.7 Å². The van der Waals surface area contributed by atoms with Crippen LogP contribution in [0.4, 0.5) is 4.79 Å². The Kier molecular flexibility index (Phi) is 6.29. The molecule has 2 heterocycles. The van der Waals surface area contributed by atoms with Crippen molar-refractivity contribution in [2.75, 3.05) is 26.2 Å². The first-order chi connectivity index (χ1) is 13.8. The number of ether oxygens (including phenoxy) is 1. The van der Waals surface area contributed by atoms with Gasteiger partial charge in [0.1, 0.15) is 5.60 Å². The minimum absolute atomic E-state index is 0.222. The molecule has 166 valence electrons. The zero-order valence-corrected chi connectivity index (χ0v) is 19.9. The van der Waals surface area contributed by atoms with E-state index in [9.17, 15) is 4.79 Å². The van der Waals surface area contributed by atoms with E-state index in [0.29, 0.717) is 13.1 Å². The Morgan fingerprint density at radius 3 is 2.13 bits per heavy atom. The fourth-order valence-corrected chi connectivity index (χ4v) is 3.77. The van der Waals surface area contributed by atoms with Crippen molar-refractivity contribution in [1.29, 1.82) is 0 Å². The molecule has 0 bridgehead atoms. The number of piperazine rings is 1. The van der Waals surface area contributed by atoms with E-state index in [1.165, 1.54) is 11.1 Å². The molecule has 1 aromatic rings. The van der Waals surface area contributed by atoms with Crippen LogP contribution in [0.15, 0.2) is 18.2 Å². The van der Waals surface area contributed by atoms with Gasteiger partial charge in [0.15, 0.2) is 0 Å². The molecule has 2 fully saturated rings. The Morgan fingerprint density at radius 1 is 1.03 bits per heavy atom. The van der Waals surface area contributed by atoms with Crippen LogP contribution in [0.1, 0.15) is 59.6 Å². The predicted octanol–water partition coefficient (Wildman–Crippen LogP) is 3.35. The second-order valence-corrected chi connectivity index (χ2v) is 10.6. The maximum Gasteiger partial charge on any atom is 0.494 e. The molecule has 1 amide bonds. The number of carbonyl (C=O) groups excluding carboxylic acids is 1. The summed E-state index contributed by atoms with van der Waals surface area (Å²) in [6.45, 7) is 20.0. The number of hydrogen-bond donors (Lipinski definition) is 0. The highest BCUT2D eigenvalue weighted by Gasteiger charge is 2.51. The third-order valence-electron chi connectivity index (χ3n) is 6.12. The van der Waals surface area contributed by atoms with E-state index in [-0.39, 0.29) is 24.4 Å². The molecule has 0 saturated carbocycles. The number of rotatable bonds is 3.